The zero-order valence-electron chi connectivity index (χ0n) is 30.8. The van der Waals surface area contributed by atoms with Crippen LogP contribution in [0.1, 0.15) is 11.1 Å². The van der Waals surface area contributed by atoms with Gasteiger partial charge in [0, 0.05) is 54.7 Å². The van der Waals surface area contributed by atoms with Crippen LogP contribution in [0, 0.1) is 0 Å². The molecular weight excluding hydrogens is 757 g/mol. The minimum absolute atomic E-state index is 0.440. The fourth-order valence-corrected chi connectivity index (χ4v) is 8.76. The molecule has 59 heavy (non-hydrogen) atoms. The third-order valence-corrected chi connectivity index (χ3v) is 11.5. The van der Waals surface area contributed by atoms with Gasteiger partial charge in [0.25, 0.3) is 0 Å². The lowest BCUT2D eigenvalue weighted by Gasteiger charge is -2.12. The highest BCUT2D eigenvalue weighted by atomic mass is 19.4. The van der Waals surface area contributed by atoms with Gasteiger partial charge in [-0.15, -0.1) is 0 Å². The third-order valence-electron chi connectivity index (χ3n) is 11.5. The average Bonchev–Trinajstić information content (AvgIpc) is 3.89. The second-order valence-electron chi connectivity index (χ2n) is 14.9. The Morgan fingerprint density at radius 2 is 0.695 bits per heavy atom. The molecule has 0 unspecified atom stereocenters. The Kier molecular flexibility index (Phi) is 7.47. The maximum Gasteiger partial charge on any atom is 0.416 e. The maximum absolute atomic E-state index is 13.7. The van der Waals surface area contributed by atoms with Crippen LogP contribution in [0.15, 0.2) is 170 Å². The lowest BCUT2D eigenvalue weighted by atomic mass is 9.98. The van der Waals surface area contributed by atoms with Gasteiger partial charge in [-0.05, 0) is 119 Å². The summed E-state index contributed by atoms with van der Waals surface area (Å²) in [5.41, 5.74) is 8.61. The smallest absolute Gasteiger partial charge is 0.355 e. The van der Waals surface area contributed by atoms with Crippen LogP contribution in [-0.2, 0) is 12.4 Å². The van der Waals surface area contributed by atoms with E-state index in [0.717, 1.165) is 99.8 Å². The summed E-state index contributed by atoms with van der Waals surface area (Å²) in [6, 6.07) is 51.1. The van der Waals surface area contributed by atoms with Crippen LogP contribution in [0.5, 0.6) is 0 Å². The number of benzene rings is 8. The van der Waals surface area contributed by atoms with E-state index in [9.17, 15) is 26.3 Å². The first-order valence-electron chi connectivity index (χ1n) is 19.0. The van der Waals surface area contributed by atoms with Crippen LogP contribution in [0.3, 0.4) is 0 Å². The third kappa shape index (κ3) is 5.60. The van der Waals surface area contributed by atoms with Crippen molar-refractivity contribution in [2.75, 3.05) is 0 Å². The normalized spacial score (nSPS) is 12.6. The Morgan fingerprint density at radius 1 is 0.322 bits per heavy atom. The molecule has 11 aromatic rings. The fourth-order valence-electron chi connectivity index (χ4n) is 8.76. The lowest BCUT2D eigenvalue weighted by molar-refractivity contribution is -0.138. The highest BCUT2D eigenvalue weighted by molar-refractivity contribution is 6.13. The molecular formula is C50H29F6N3. The van der Waals surface area contributed by atoms with E-state index in [1.165, 1.54) is 24.3 Å². The SMILES string of the molecule is FC(F)(F)c1cccc(-n2c3ccccc3c3cc(-c4ccc5[nH]c6ccc(-c7ccc8c(c7)c7ccccc7n8-c7cccc(C(F)(F)F)c7)cc6c5c4)ccc32)c1. The predicted octanol–water partition coefficient (Wildman–Crippen LogP) is 14.9. The number of aromatic amines is 1. The summed E-state index contributed by atoms with van der Waals surface area (Å²) in [7, 11) is 0. The number of hydrogen-bond donors (Lipinski definition) is 1. The summed E-state index contributed by atoms with van der Waals surface area (Å²) in [4.78, 5) is 3.55. The molecule has 286 valence electrons. The molecule has 3 nitrogen and oxygen atoms in total. The Morgan fingerprint density at radius 3 is 1.12 bits per heavy atom. The molecule has 3 heterocycles. The van der Waals surface area contributed by atoms with Crippen LogP contribution in [0.2, 0.25) is 0 Å². The van der Waals surface area contributed by atoms with Crippen molar-refractivity contribution < 1.29 is 26.3 Å². The molecule has 0 aliphatic heterocycles. The van der Waals surface area contributed by atoms with Crippen molar-refractivity contribution in [2.45, 2.75) is 12.4 Å². The van der Waals surface area contributed by atoms with E-state index in [0.29, 0.717) is 11.4 Å². The first-order chi connectivity index (χ1) is 28.5. The number of para-hydroxylation sites is 2. The molecule has 0 saturated heterocycles. The van der Waals surface area contributed by atoms with Gasteiger partial charge in [0.05, 0.1) is 33.2 Å². The molecule has 0 aliphatic carbocycles. The molecule has 0 amide bonds. The van der Waals surface area contributed by atoms with Gasteiger partial charge in [0.2, 0.25) is 0 Å². The Hall–Kier alpha value is -7.26. The van der Waals surface area contributed by atoms with Crippen LogP contribution >= 0.6 is 0 Å². The van der Waals surface area contributed by atoms with Crippen molar-refractivity contribution in [3.05, 3.63) is 181 Å². The van der Waals surface area contributed by atoms with Crippen molar-refractivity contribution >= 4 is 65.4 Å². The van der Waals surface area contributed by atoms with Gasteiger partial charge in [0.15, 0.2) is 0 Å². The van der Waals surface area contributed by atoms with Crippen LogP contribution < -0.4 is 0 Å². The minimum Gasteiger partial charge on any atom is -0.355 e. The molecule has 0 saturated carbocycles. The van der Waals surface area contributed by atoms with Gasteiger partial charge in [-0.25, -0.2) is 0 Å². The van der Waals surface area contributed by atoms with Gasteiger partial charge in [0.1, 0.15) is 0 Å². The zero-order chi connectivity index (χ0) is 40.2. The highest BCUT2D eigenvalue weighted by Crippen LogP contribution is 2.41. The summed E-state index contributed by atoms with van der Waals surface area (Å²) in [5, 5.41) is 5.81. The molecule has 0 fully saturated rings. The van der Waals surface area contributed by atoms with Gasteiger partial charge in [-0.1, -0.05) is 72.8 Å². The van der Waals surface area contributed by atoms with E-state index in [4.69, 9.17) is 0 Å². The number of rotatable bonds is 4. The molecule has 8 aromatic carbocycles. The number of nitrogens with zero attached hydrogens (tertiary/aromatic N) is 2. The molecule has 0 radical (unpaired) electrons. The van der Waals surface area contributed by atoms with Crippen molar-refractivity contribution in [3.8, 4) is 33.6 Å². The molecule has 1 N–H and O–H groups in total. The van der Waals surface area contributed by atoms with Gasteiger partial charge in [-0.2, -0.15) is 26.3 Å². The van der Waals surface area contributed by atoms with Crippen molar-refractivity contribution in [3.63, 3.8) is 0 Å². The fraction of sp³-hybridized carbons (Fsp3) is 0.0400. The van der Waals surface area contributed by atoms with Crippen molar-refractivity contribution in [1.82, 2.24) is 14.1 Å². The number of fused-ring (bicyclic) bond motifs is 9. The van der Waals surface area contributed by atoms with E-state index < -0.39 is 23.5 Å². The topological polar surface area (TPSA) is 25.6 Å². The molecule has 11 rings (SSSR count). The summed E-state index contributed by atoms with van der Waals surface area (Å²) < 4.78 is 86.2. The summed E-state index contributed by atoms with van der Waals surface area (Å²) in [5.74, 6) is 0. The molecule has 0 spiro atoms. The van der Waals surface area contributed by atoms with Crippen LogP contribution in [-0.4, -0.2) is 14.1 Å². The number of aromatic nitrogens is 3. The van der Waals surface area contributed by atoms with E-state index in [1.807, 2.05) is 81.9 Å². The molecule has 3 aromatic heterocycles. The van der Waals surface area contributed by atoms with Gasteiger partial charge in [-0.3, -0.25) is 0 Å². The van der Waals surface area contributed by atoms with E-state index in [2.05, 4.69) is 53.5 Å². The Balaban J connectivity index is 1.01. The van der Waals surface area contributed by atoms with Crippen LogP contribution in [0.4, 0.5) is 26.3 Å². The number of hydrogen-bond acceptors (Lipinski definition) is 0. The van der Waals surface area contributed by atoms with E-state index in [-0.39, 0.29) is 0 Å². The largest absolute Gasteiger partial charge is 0.416 e. The standard InChI is InChI=1S/C50H29F6N3/c51-49(52,53)33-7-5-9-35(27-33)58-45-13-3-1-11-37(45)41-25-31(17-21-47(41)58)29-15-19-43-39(23-29)40-24-30(16-20-44(40)57-43)32-18-22-48-42(26-32)38-12-2-4-14-46(38)59(48)36-10-6-8-34(28-36)50(54,55)56/h1-28,57H. The summed E-state index contributed by atoms with van der Waals surface area (Å²) in [6.45, 7) is 0. The molecule has 0 aliphatic rings. The zero-order valence-corrected chi connectivity index (χ0v) is 30.8. The van der Waals surface area contributed by atoms with E-state index in [1.54, 1.807) is 12.1 Å². The molecule has 0 bridgehead atoms. The van der Waals surface area contributed by atoms with E-state index >= 15 is 0 Å². The Labute approximate surface area is 332 Å². The van der Waals surface area contributed by atoms with Crippen LogP contribution in [0.25, 0.3) is 99.0 Å². The molecule has 0 atom stereocenters. The Bertz CT molecular complexity index is 3260. The first kappa shape index (κ1) is 34.9. The summed E-state index contributed by atoms with van der Waals surface area (Å²) >= 11 is 0. The first-order valence-corrected chi connectivity index (χ1v) is 19.0. The number of alkyl halides is 6. The van der Waals surface area contributed by atoms with Crippen molar-refractivity contribution in [2.24, 2.45) is 0 Å². The molecule has 9 heteroatoms. The van der Waals surface area contributed by atoms with Gasteiger partial charge >= 0.3 is 12.4 Å². The van der Waals surface area contributed by atoms with Gasteiger partial charge < -0.3 is 14.1 Å². The second kappa shape index (κ2) is 12.6. The average molecular weight is 786 g/mol. The van der Waals surface area contributed by atoms with Crippen molar-refractivity contribution in [1.29, 1.82) is 0 Å². The minimum atomic E-state index is -4.46. The maximum atomic E-state index is 13.7. The highest BCUT2D eigenvalue weighted by Gasteiger charge is 2.32. The number of nitrogens with one attached hydrogen (secondary N) is 1. The second-order valence-corrected chi connectivity index (χ2v) is 14.9. The quantitative estimate of drug-likeness (QED) is 0.172. The predicted molar refractivity (Wildman–Crippen MR) is 225 cm³/mol. The summed E-state index contributed by atoms with van der Waals surface area (Å²) in [6.07, 6.45) is -8.92. The number of halogens is 6. The lowest BCUT2D eigenvalue weighted by Crippen LogP contribution is -2.06. The monoisotopic (exact) mass is 785 g/mol. The number of H-pyrrole nitrogens is 1.